The minimum absolute atomic E-state index is 0.369. The second-order valence-electron chi connectivity index (χ2n) is 8.92. The van der Waals surface area contributed by atoms with Gasteiger partial charge in [-0.05, 0) is 99.7 Å². The predicted molar refractivity (Wildman–Crippen MR) is 112 cm³/mol. The highest BCUT2D eigenvalue weighted by Gasteiger charge is 2.31. The van der Waals surface area contributed by atoms with Gasteiger partial charge in [-0.25, -0.2) is 0 Å². The molecule has 164 valence electrons. The van der Waals surface area contributed by atoms with Gasteiger partial charge in [-0.3, -0.25) is 0 Å². The van der Waals surface area contributed by atoms with Gasteiger partial charge in [0.15, 0.2) is 0 Å². The van der Waals surface area contributed by atoms with Crippen LogP contribution in [-0.4, -0.2) is 12.7 Å². The van der Waals surface area contributed by atoms with Crippen molar-refractivity contribution in [1.29, 1.82) is 5.26 Å². The number of ether oxygens (including phenoxy) is 1. The number of hydrogen-bond donors (Lipinski definition) is 0. The molecular formula is C25H32F3NO. The van der Waals surface area contributed by atoms with E-state index in [0.717, 1.165) is 63.0 Å². The first-order chi connectivity index (χ1) is 14.5. The molecule has 0 aliphatic heterocycles. The van der Waals surface area contributed by atoms with Gasteiger partial charge in [0.2, 0.25) is 0 Å². The lowest BCUT2D eigenvalue weighted by atomic mass is 9.79. The topological polar surface area (TPSA) is 33.0 Å². The molecule has 2 saturated carbocycles. The van der Waals surface area contributed by atoms with E-state index in [4.69, 9.17) is 10.00 Å². The third-order valence-corrected chi connectivity index (χ3v) is 6.85. The van der Waals surface area contributed by atoms with E-state index in [1.54, 1.807) is 18.2 Å². The molecule has 30 heavy (non-hydrogen) atoms. The first-order valence-corrected chi connectivity index (χ1v) is 11.3. The van der Waals surface area contributed by atoms with Crippen molar-refractivity contribution in [2.24, 2.45) is 11.8 Å². The molecule has 0 N–H and O–H groups in total. The van der Waals surface area contributed by atoms with Gasteiger partial charge in [0.1, 0.15) is 0 Å². The molecule has 3 rings (SSSR count). The molecule has 0 bridgehead atoms. The lowest BCUT2D eigenvalue weighted by Gasteiger charge is -2.32. The van der Waals surface area contributed by atoms with Gasteiger partial charge in [0.25, 0.3) is 0 Å². The normalized spacial score (nSPS) is 27.8. The highest BCUT2D eigenvalue weighted by atomic mass is 19.4. The van der Waals surface area contributed by atoms with Crippen LogP contribution in [0, 0.1) is 23.2 Å². The van der Waals surface area contributed by atoms with Crippen molar-refractivity contribution in [3.63, 3.8) is 0 Å². The molecule has 0 aromatic heterocycles. The summed E-state index contributed by atoms with van der Waals surface area (Å²) in [7, 11) is 0. The maximum absolute atomic E-state index is 12.7. The predicted octanol–water partition coefficient (Wildman–Crippen LogP) is 7.41. The summed E-state index contributed by atoms with van der Waals surface area (Å²) in [4.78, 5) is 0. The second kappa shape index (κ2) is 11.0. The Kier molecular flexibility index (Phi) is 8.39. The van der Waals surface area contributed by atoms with Crippen molar-refractivity contribution in [1.82, 2.24) is 0 Å². The Hall–Kier alpha value is -1.80. The summed E-state index contributed by atoms with van der Waals surface area (Å²) in [6.07, 6.45) is 10.7. The molecule has 0 atom stereocenters. The standard InChI is InChI=1S/C25H32F3NO/c26-25(27,28)23-13-11-22(12-14-23)21-9-5-20(6-10-21)18-30-24-15-7-19(8-16-24)4-2-1-3-17-29/h1,3,11-14,19-21,24H,2,4-10,15-16,18H2/t19-,20-,21-,24-. The summed E-state index contributed by atoms with van der Waals surface area (Å²) in [6.45, 7) is 0.819. The average molecular weight is 420 g/mol. The zero-order chi connectivity index (χ0) is 21.4. The second-order valence-corrected chi connectivity index (χ2v) is 8.92. The fourth-order valence-electron chi connectivity index (χ4n) is 4.93. The highest BCUT2D eigenvalue weighted by Crippen LogP contribution is 2.38. The quantitative estimate of drug-likeness (QED) is 0.431. The Morgan fingerprint density at radius 1 is 0.933 bits per heavy atom. The van der Waals surface area contributed by atoms with E-state index < -0.39 is 11.7 Å². The van der Waals surface area contributed by atoms with E-state index in [0.29, 0.717) is 17.9 Å². The molecule has 0 radical (unpaired) electrons. The fourth-order valence-corrected chi connectivity index (χ4v) is 4.93. The maximum Gasteiger partial charge on any atom is 0.416 e. The van der Waals surface area contributed by atoms with Crippen molar-refractivity contribution in [2.45, 2.75) is 82.4 Å². The Labute approximate surface area is 178 Å². The summed E-state index contributed by atoms with van der Waals surface area (Å²) in [5.74, 6) is 1.70. The number of allylic oxidation sites excluding steroid dienone is 2. The fraction of sp³-hybridized carbons (Fsp3) is 0.640. The van der Waals surface area contributed by atoms with Gasteiger partial charge in [-0.1, -0.05) is 18.2 Å². The van der Waals surface area contributed by atoms with E-state index in [9.17, 15) is 13.2 Å². The van der Waals surface area contributed by atoms with Gasteiger partial charge in [0, 0.05) is 12.7 Å². The molecule has 1 aromatic carbocycles. The van der Waals surface area contributed by atoms with Crippen LogP contribution in [0.2, 0.25) is 0 Å². The molecule has 0 spiro atoms. The largest absolute Gasteiger partial charge is 0.416 e. The first kappa shape index (κ1) is 22.9. The van der Waals surface area contributed by atoms with Gasteiger partial charge in [-0.15, -0.1) is 0 Å². The average Bonchev–Trinajstić information content (AvgIpc) is 2.76. The summed E-state index contributed by atoms with van der Waals surface area (Å²) in [5.41, 5.74) is 0.465. The Morgan fingerprint density at radius 3 is 2.17 bits per heavy atom. The zero-order valence-corrected chi connectivity index (χ0v) is 17.5. The van der Waals surface area contributed by atoms with Crippen LogP contribution in [0.3, 0.4) is 0 Å². The molecule has 0 amide bonds. The van der Waals surface area contributed by atoms with E-state index in [1.807, 2.05) is 12.1 Å². The Bertz CT molecular complexity index is 703. The van der Waals surface area contributed by atoms with Crippen LogP contribution < -0.4 is 0 Å². The van der Waals surface area contributed by atoms with E-state index in [1.165, 1.54) is 31.4 Å². The number of nitrogens with zero attached hydrogens (tertiary/aromatic N) is 1. The third kappa shape index (κ3) is 6.87. The van der Waals surface area contributed by atoms with Crippen LogP contribution in [-0.2, 0) is 10.9 Å². The molecule has 5 heteroatoms. The van der Waals surface area contributed by atoms with Crippen molar-refractivity contribution in [3.05, 3.63) is 47.5 Å². The maximum atomic E-state index is 12.7. The number of hydrogen-bond acceptors (Lipinski definition) is 2. The van der Waals surface area contributed by atoms with Crippen molar-refractivity contribution < 1.29 is 17.9 Å². The van der Waals surface area contributed by atoms with Crippen LogP contribution >= 0.6 is 0 Å². The number of alkyl halides is 3. The third-order valence-electron chi connectivity index (χ3n) is 6.85. The van der Waals surface area contributed by atoms with E-state index in [2.05, 4.69) is 0 Å². The van der Waals surface area contributed by atoms with Gasteiger partial charge in [0.05, 0.1) is 17.7 Å². The van der Waals surface area contributed by atoms with Gasteiger partial charge >= 0.3 is 6.18 Å². The minimum Gasteiger partial charge on any atom is -0.378 e. The molecule has 2 fully saturated rings. The van der Waals surface area contributed by atoms with Crippen molar-refractivity contribution in [2.75, 3.05) is 6.61 Å². The van der Waals surface area contributed by atoms with Crippen molar-refractivity contribution in [3.8, 4) is 6.07 Å². The molecule has 1 aromatic rings. The molecule has 2 aliphatic carbocycles. The molecule has 0 heterocycles. The first-order valence-electron chi connectivity index (χ1n) is 11.3. The summed E-state index contributed by atoms with van der Waals surface area (Å²) >= 11 is 0. The molecular weight excluding hydrogens is 387 g/mol. The molecule has 2 aliphatic rings. The molecule has 0 unspecified atom stereocenters. The SMILES string of the molecule is N#CC=CCC[C@H]1CC[C@H](OC[C@H]2CC[C@H](c3ccc(C(F)(F)F)cc3)CC2)CC1. The van der Waals surface area contributed by atoms with Crippen LogP contribution in [0.1, 0.15) is 81.3 Å². The number of rotatable bonds is 7. The summed E-state index contributed by atoms with van der Waals surface area (Å²) < 4.78 is 44.4. The smallest absolute Gasteiger partial charge is 0.378 e. The number of nitriles is 1. The monoisotopic (exact) mass is 419 g/mol. The number of benzene rings is 1. The van der Waals surface area contributed by atoms with Crippen LogP contribution in [0.25, 0.3) is 0 Å². The minimum atomic E-state index is -4.26. The van der Waals surface area contributed by atoms with Crippen molar-refractivity contribution >= 4 is 0 Å². The Balaban J connectivity index is 1.33. The van der Waals surface area contributed by atoms with Gasteiger partial charge < -0.3 is 4.74 Å². The summed E-state index contributed by atoms with van der Waals surface area (Å²) in [6, 6.07) is 7.76. The molecule has 0 saturated heterocycles. The van der Waals surface area contributed by atoms with E-state index in [-0.39, 0.29) is 0 Å². The lowest BCUT2D eigenvalue weighted by molar-refractivity contribution is -0.137. The summed E-state index contributed by atoms with van der Waals surface area (Å²) in [5, 5.41) is 8.52. The van der Waals surface area contributed by atoms with Gasteiger partial charge in [-0.2, -0.15) is 18.4 Å². The van der Waals surface area contributed by atoms with Crippen LogP contribution in [0.5, 0.6) is 0 Å². The molecule has 2 nitrogen and oxygen atoms in total. The van der Waals surface area contributed by atoms with Crippen LogP contribution in [0.15, 0.2) is 36.4 Å². The van der Waals surface area contributed by atoms with Crippen LogP contribution in [0.4, 0.5) is 13.2 Å². The highest BCUT2D eigenvalue weighted by molar-refractivity contribution is 5.27. The Morgan fingerprint density at radius 2 is 1.57 bits per heavy atom. The lowest BCUT2D eigenvalue weighted by Crippen LogP contribution is -2.25. The number of halogens is 3. The zero-order valence-electron chi connectivity index (χ0n) is 17.5. The van der Waals surface area contributed by atoms with E-state index >= 15 is 0 Å².